The highest BCUT2D eigenvalue weighted by Crippen LogP contribution is 2.33. The molecule has 126 valence electrons. The van der Waals surface area contributed by atoms with Crippen LogP contribution in [0.25, 0.3) is 0 Å². The lowest BCUT2D eigenvalue weighted by Gasteiger charge is -2.44. The zero-order valence-electron chi connectivity index (χ0n) is 12.6. The second-order valence-electron chi connectivity index (χ2n) is 5.62. The van der Waals surface area contributed by atoms with Gasteiger partial charge < -0.3 is 5.11 Å². The van der Waals surface area contributed by atoms with Gasteiger partial charge in [0.2, 0.25) is 10.0 Å². The van der Waals surface area contributed by atoms with Crippen LogP contribution in [0.15, 0.2) is 59.5 Å². The maximum atomic E-state index is 12.8. The van der Waals surface area contributed by atoms with E-state index < -0.39 is 32.8 Å². The molecule has 0 spiro atoms. The number of nitro groups is 1. The average molecular weight is 348 g/mol. The van der Waals surface area contributed by atoms with Crippen molar-refractivity contribution in [1.29, 1.82) is 0 Å². The van der Waals surface area contributed by atoms with Crippen molar-refractivity contribution < 1.29 is 18.4 Å². The highest BCUT2D eigenvalue weighted by molar-refractivity contribution is 7.89. The molecule has 1 heterocycles. The van der Waals surface area contributed by atoms with Gasteiger partial charge in [0.1, 0.15) is 0 Å². The zero-order chi connectivity index (χ0) is 17.3. The number of nitro benzene ring substituents is 1. The van der Waals surface area contributed by atoms with Gasteiger partial charge in [-0.25, -0.2) is 8.42 Å². The molecule has 7 nitrogen and oxygen atoms in total. The quantitative estimate of drug-likeness (QED) is 0.653. The molecular formula is C16H16N2O5S. The summed E-state index contributed by atoms with van der Waals surface area (Å²) in [5.74, 6) is 0. The molecule has 2 atom stereocenters. The number of hydrogen-bond donors (Lipinski definition) is 1. The molecular weight excluding hydrogens is 332 g/mol. The van der Waals surface area contributed by atoms with Crippen LogP contribution in [0.1, 0.15) is 5.56 Å². The molecule has 0 saturated carbocycles. The van der Waals surface area contributed by atoms with Crippen LogP contribution in [0.3, 0.4) is 0 Å². The summed E-state index contributed by atoms with van der Waals surface area (Å²) >= 11 is 0. The molecule has 0 aromatic heterocycles. The second-order valence-corrected chi connectivity index (χ2v) is 7.48. The number of aliphatic hydroxyl groups is 1. The van der Waals surface area contributed by atoms with Gasteiger partial charge in [0, 0.05) is 12.6 Å². The fourth-order valence-corrected chi connectivity index (χ4v) is 4.65. The Balaban J connectivity index is 1.91. The van der Waals surface area contributed by atoms with Gasteiger partial charge in [0.15, 0.2) is 4.90 Å². The molecule has 0 unspecified atom stereocenters. The van der Waals surface area contributed by atoms with Crippen molar-refractivity contribution in [3.8, 4) is 0 Å². The monoisotopic (exact) mass is 348 g/mol. The van der Waals surface area contributed by atoms with E-state index in [-0.39, 0.29) is 11.4 Å². The van der Waals surface area contributed by atoms with Crippen LogP contribution in [0.2, 0.25) is 0 Å². The fourth-order valence-electron chi connectivity index (χ4n) is 2.82. The van der Waals surface area contributed by atoms with Gasteiger partial charge in [-0.05, 0) is 18.1 Å². The van der Waals surface area contributed by atoms with Gasteiger partial charge >= 0.3 is 0 Å². The summed E-state index contributed by atoms with van der Waals surface area (Å²) in [5.41, 5.74) is 0.432. The number of para-hydroxylation sites is 1. The first-order chi connectivity index (χ1) is 11.4. The van der Waals surface area contributed by atoms with Crippen LogP contribution in [-0.2, 0) is 16.4 Å². The summed E-state index contributed by atoms with van der Waals surface area (Å²) in [6, 6.07) is 13.8. The van der Waals surface area contributed by atoms with Crippen molar-refractivity contribution in [1.82, 2.24) is 4.31 Å². The van der Waals surface area contributed by atoms with Crippen LogP contribution >= 0.6 is 0 Å². The minimum atomic E-state index is -4.05. The third kappa shape index (κ3) is 2.91. The third-order valence-electron chi connectivity index (χ3n) is 4.12. The molecule has 1 fully saturated rings. The Kier molecular flexibility index (Phi) is 4.35. The van der Waals surface area contributed by atoms with E-state index in [0.29, 0.717) is 6.42 Å². The molecule has 2 aromatic rings. The number of β-amino-alcohol motifs (C(OH)–C–C–N with tert-alkyl or cyclic N) is 1. The summed E-state index contributed by atoms with van der Waals surface area (Å²) in [4.78, 5) is 10.0. The molecule has 24 heavy (non-hydrogen) atoms. The molecule has 0 bridgehead atoms. The van der Waals surface area contributed by atoms with Crippen molar-refractivity contribution in [2.75, 3.05) is 6.54 Å². The maximum absolute atomic E-state index is 12.8. The van der Waals surface area contributed by atoms with E-state index in [0.717, 1.165) is 15.9 Å². The normalized spacial score (nSPS) is 21.2. The first-order valence-electron chi connectivity index (χ1n) is 7.38. The molecule has 1 saturated heterocycles. The molecule has 0 amide bonds. The topological polar surface area (TPSA) is 101 Å². The Morgan fingerprint density at radius 1 is 1.12 bits per heavy atom. The maximum Gasteiger partial charge on any atom is 0.289 e. The minimum Gasteiger partial charge on any atom is -0.390 e. The van der Waals surface area contributed by atoms with Gasteiger partial charge in [0.05, 0.1) is 17.1 Å². The zero-order valence-corrected chi connectivity index (χ0v) is 13.5. The lowest BCUT2D eigenvalue weighted by Crippen LogP contribution is -2.62. The van der Waals surface area contributed by atoms with Crippen molar-refractivity contribution in [2.45, 2.75) is 23.5 Å². The van der Waals surface area contributed by atoms with Gasteiger partial charge in [-0.3, -0.25) is 10.1 Å². The number of nitrogens with zero attached hydrogens (tertiary/aromatic N) is 2. The highest BCUT2D eigenvalue weighted by atomic mass is 32.2. The fraction of sp³-hybridized carbons (Fsp3) is 0.250. The smallest absolute Gasteiger partial charge is 0.289 e. The van der Waals surface area contributed by atoms with E-state index in [1.165, 1.54) is 18.2 Å². The molecule has 1 aliphatic rings. The Morgan fingerprint density at radius 3 is 2.38 bits per heavy atom. The van der Waals surface area contributed by atoms with Crippen molar-refractivity contribution >= 4 is 15.7 Å². The van der Waals surface area contributed by atoms with Gasteiger partial charge in [-0.2, -0.15) is 4.31 Å². The van der Waals surface area contributed by atoms with Crippen molar-refractivity contribution in [2.24, 2.45) is 0 Å². The molecule has 1 aliphatic heterocycles. The van der Waals surface area contributed by atoms with E-state index in [9.17, 15) is 23.6 Å². The molecule has 0 radical (unpaired) electrons. The minimum absolute atomic E-state index is 0.0636. The Hall–Kier alpha value is -2.29. The van der Waals surface area contributed by atoms with Gasteiger partial charge in [-0.15, -0.1) is 0 Å². The summed E-state index contributed by atoms with van der Waals surface area (Å²) in [5, 5.41) is 21.1. The van der Waals surface area contributed by atoms with Gasteiger partial charge in [0.25, 0.3) is 5.69 Å². The van der Waals surface area contributed by atoms with E-state index in [2.05, 4.69) is 0 Å². The SMILES string of the molecule is O=[N+]([O-])c1ccccc1S(=O)(=O)N1C[C@@H](O)[C@@H]1Cc1ccccc1. The van der Waals surface area contributed by atoms with E-state index in [1.807, 2.05) is 30.3 Å². The molecule has 3 rings (SSSR count). The predicted molar refractivity (Wildman–Crippen MR) is 86.9 cm³/mol. The van der Waals surface area contributed by atoms with Crippen molar-refractivity contribution in [3.05, 3.63) is 70.3 Å². The number of rotatable bonds is 5. The standard InChI is InChI=1S/C16H16N2O5S/c19-15-11-17(14(15)10-12-6-2-1-3-7-12)24(22,23)16-9-5-4-8-13(16)18(20)21/h1-9,14-15,19H,10-11H2/t14-,15+/m0/s1. The van der Waals surface area contributed by atoms with Crippen LogP contribution in [0.5, 0.6) is 0 Å². The predicted octanol–water partition coefficient (Wildman–Crippen LogP) is 1.57. The lowest BCUT2D eigenvalue weighted by atomic mass is 9.95. The largest absolute Gasteiger partial charge is 0.390 e. The van der Waals surface area contributed by atoms with E-state index in [4.69, 9.17) is 0 Å². The summed E-state index contributed by atoms with van der Waals surface area (Å²) in [6.45, 7) is -0.0636. The Morgan fingerprint density at radius 2 is 1.75 bits per heavy atom. The second kappa shape index (κ2) is 6.31. The first kappa shape index (κ1) is 16.6. The summed E-state index contributed by atoms with van der Waals surface area (Å²) in [6.07, 6.45) is -0.440. The number of sulfonamides is 1. The van der Waals surface area contributed by atoms with Crippen molar-refractivity contribution in [3.63, 3.8) is 0 Å². The van der Waals surface area contributed by atoms with E-state index >= 15 is 0 Å². The van der Waals surface area contributed by atoms with Crippen LogP contribution < -0.4 is 0 Å². The lowest BCUT2D eigenvalue weighted by molar-refractivity contribution is -0.387. The molecule has 1 N–H and O–H groups in total. The van der Waals surface area contributed by atoms with E-state index in [1.54, 1.807) is 0 Å². The summed E-state index contributed by atoms with van der Waals surface area (Å²) < 4.78 is 26.7. The average Bonchev–Trinajstić information content (AvgIpc) is 2.58. The van der Waals surface area contributed by atoms with Crippen LogP contribution in [0, 0.1) is 10.1 Å². The number of aliphatic hydroxyl groups excluding tert-OH is 1. The third-order valence-corrected chi connectivity index (χ3v) is 6.06. The summed E-state index contributed by atoms with van der Waals surface area (Å²) in [7, 11) is -4.05. The van der Waals surface area contributed by atoms with Crippen LogP contribution in [-0.4, -0.2) is 41.4 Å². The number of hydrogen-bond acceptors (Lipinski definition) is 5. The number of benzene rings is 2. The molecule has 2 aromatic carbocycles. The Bertz CT molecular complexity index is 854. The first-order valence-corrected chi connectivity index (χ1v) is 8.82. The Labute approximate surface area is 139 Å². The highest BCUT2D eigenvalue weighted by Gasteiger charge is 2.47. The van der Waals surface area contributed by atoms with Gasteiger partial charge in [-0.1, -0.05) is 42.5 Å². The molecule has 8 heteroatoms. The van der Waals surface area contributed by atoms with Crippen LogP contribution in [0.4, 0.5) is 5.69 Å². The molecule has 0 aliphatic carbocycles.